The Morgan fingerprint density at radius 3 is 2.09 bits per heavy atom. The maximum absolute atomic E-state index is 14.2. The lowest BCUT2D eigenvalue weighted by molar-refractivity contribution is 0.508. The second-order valence-corrected chi connectivity index (χ2v) is 8.86. The van der Waals surface area contributed by atoms with Crippen molar-refractivity contribution >= 4 is 17.8 Å². The Morgan fingerprint density at radius 1 is 1.04 bits per heavy atom. The van der Waals surface area contributed by atoms with Crippen molar-refractivity contribution in [2.75, 3.05) is 0 Å². The zero-order valence-corrected chi connectivity index (χ0v) is 13.7. The van der Waals surface area contributed by atoms with Crippen LogP contribution >= 0.6 is 7.14 Å². The first-order chi connectivity index (χ1) is 11.2. The SMILES string of the molecule is C[C@@]1(n2ccnc2)N[C@H]1P(=O)(c1ccccc1)c1ccccc1. The lowest BCUT2D eigenvalue weighted by Gasteiger charge is -2.21. The highest BCUT2D eigenvalue weighted by Crippen LogP contribution is 2.59. The standard InChI is InChI=1S/C18H18N3OP/c1-18(21-13-12-19-14-21)17(20-18)23(22,15-8-4-2-5-9-15)16-10-6-3-7-11-16/h2-14,17,20H,1H3/t17-,18-/m0/s1. The summed E-state index contributed by atoms with van der Waals surface area (Å²) in [6.45, 7) is 2.07. The van der Waals surface area contributed by atoms with E-state index in [-0.39, 0.29) is 11.4 Å². The minimum absolute atomic E-state index is 0.144. The third kappa shape index (κ3) is 2.18. The van der Waals surface area contributed by atoms with Crippen molar-refractivity contribution in [3.8, 4) is 0 Å². The van der Waals surface area contributed by atoms with Crippen molar-refractivity contribution in [1.82, 2.24) is 14.9 Å². The van der Waals surface area contributed by atoms with Gasteiger partial charge in [-0.3, -0.25) is 5.32 Å². The molecule has 1 fully saturated rings. The fourth-order valence-electron chi connectivity index (χ4n) is 3.18. The predicted molar refractivity (Wildman–Crippen MR) is 92.6 cm³/mol. The number of benzene rings is 2. The molecule has 1 N–H and O–H groups in total. The molecule has 1 aliphatic rings. The monoisotopic (exact) mass is 323 g/mol. The van der Waals surface area contributed by atoms with Crippen LogP contribution in [0.2, 0.25) is 0 Å². The predicted octanol–water partition coefficient (Wildman–Crippen LogP) is 2.50. The second kappa shape index (κ2) is 5.19. The van der Waals surface area contributed by atoms with Gasteiger partial charge >= 0.3 is 0 Å². The van der Waals surface area contributed by atoms with Gasteiger partial charge in [-0.05, 0) is 6.92 Å². The van der Waals surface area contributed by atoms with Crippen LogP contribution in [0, 0.1) is 0 Å². The number of aromatic nitrogens is 2. The van der Waals surface area contributed by atoms with Crippen LogP contribution in [0.1, 0.15) is 6.92 Å². The van der Waals surface area contributed by atoms with Crippen LogP contribution in [0.5, 0.6) is 0 Å². The number of hydrogen-bond acceptors (Lipinski definition) is 3. The first-order valence-corrected chi connectivity index (χ1v) is 9.40. The van der Waals surface area contributed by atoms with Gasteiger partial charge in [0.25, 0.3) is 0 Å². The zero-order valence-electron chi connectivity index (χ0n) is 12.8. The fraction of sp³-hybridized carbons (Fsp3) is 0.167. The van der Waals surface area contributed by atoms with Gasteiger partial charge in [-0.15, -0.1) is 0 Å². The minimum Gasteiger partial charge on any atom is -0.317 e. The van der Waals surface area contributed by atoms with Crippen molar-refractivity contribution < 1.29 is 4.57 Å². The molecule has 0 amide bonds. The van der Waals surface area contributed by atoms with E-state index in [2.05, 4.69) is 17.2 Å². The number of rotatable bonds is 4. The number of nitrogens with zero attached hydrogens (tertiary/aromatic N) is 2. The van der Waals surface area contributed by atoms with Gasteiger partial charge in [-0.2, -0.15) is 0 Å². The Hall–Kier alpha value is -2.16. The molecule has 0 aliphatic carbocycles. The lowest BCUT2D eigenvalue weighted by Crippen LogP contribution is -2.25. The summed E-state index contributed by atoms with van der Waals surface area (Å²) < 4.78 is 16.2. The largest absolute Gasteiger partial charge is 0.317 e. The Bertz CT molecular complexity index is 805. The summed E-state index contributed by atoms with van der Waals surface area (Å²) in [5.41, 5.74) is -0.377. The summed E-state index contributed by atoms with van der Waals surface area (Å²) in [5.74, 6) is -0.144. The van der Waals surface area contributed by atoms with E-state index in [4.69, 9.17) is 0 Å². The van der Waals surface area contributed by atoms with Crippen LogP contribution in [0.3, 0.4) is 0 Å². The van der Waals surface area contributed by atoms with Gasteiger partial charge in [0.05, 0.1) is 6.33 Å². The van der Waals surface area contributed by atoms with Gasteiger partial charge in [-0.1, -0.05) is 60.7 Å². The quantitative estimate of drug-likeness (QED) is 0.593. The van der Waals surface area contributed by atoms with Crippen molar-refractivity contribution in [2.45, 2.75) is 18.4 Å². The van der Waals surface area contributed by atoms with Crippen LogP contribution in [0.15, 0.2) is 79.4 Å². The molecule has 4 rings (SSSR count). The molecule has 116 valence electrons. The van der Waals surface area contributed by atoms with Gasteiger partial charge in [-0.25, -0.2) is 4.98 Å². The van der Waals surface area contributed by atoms with E-state index >= 15 is 0 Å². The molecule has 0 unspecified atom stereocenters. The highest BCUT2D eigenvalue weighted by Gasteiger charge is 2.61. The first-order valence-electron chi connectivity index (χ1n) is 7.63. The molecule has 1 aromatic heterocycles. The van der Waals surface area contributed by atoms with Crippen molar-refractivity contribution in [1.29, 1.82) is 0 Å². The summed E-state index contributed by atoms with van der Waals surface area (Å²) >= 11 is 0. The summed E-state index contributed by atoms with van der Waals surface area (Å²) in [6, 6.07) is 19.5. The minimum atomic E-state index is -2.81. The molecule has 4 nitrogen and oxygen atoms in total. The molecular weight excluding hydrogens is 305 g/mol. The van der Waals surface area contributed by atoms with E-state index in [1.807, 2.05) is 71.4 Å². The third-order valence-corrected chi connectivity index (χ3v) is 8.05. The van der Waals surface area contributed by atoms with E-state index in [0.717, 1.165) is 10.6 Å². The average molecular weight is 323 g/mol. The molecule has 0 spiro atoms. The number of hydrogen-bond donors (Lipinski definition) is 1. The maximum Gasteiger partial charge on any atom is 0.163 e. The summed E-state index contributed by atoms with van der Waals surface area (Å²) in [7, 11) is -2.81. The van der Waals surface area contributed by atoms with Crippen molar-refractivity contribution in [3.63, 3.8) is 0 Å². The molecule has 1 aliphatic heterocycles. The zero-order chi connectivity index (χ0) is 15.9. The van der Waals surface area contributed by atoms with E-state index in [1.165, 1.54) is 0 Å². The number of nitrogens with one attached hydrogen (secondary N) is 1. The topological polar surface area (TPSA) is 56.8 Å². The molecule has 0 saturated carbocycles. The summed E-state index contributed by atoms with van der Waals surface area (Å²) in [5, 5.41) is 5.21. The van der Waals surface area contributed by atoms with Gasteiger partial charge in [0.2, 0.25) is 0 Å². The molecule has 0 bridgehead atoms. The Balaban J connectivity index is 1.84. The molecule has 1 saturated heterocycles. The van der Waals surface area contributed by atoms with E-state index in [1.54, 1.807) is 12.5 Å². The Labute approximate surface area is 135 Å². The molecule has 5 heteroatoms. The molecule has 0 radical (unpaired) electrons. The smallest absolute Gasteiger partial charge is 0.163 e. The third-order valence-electron chi connectivity index (χ3n) is 4.56. The van der Waals surface area contributed by atoms with Gasteiger partial charge in [0.15, 0.2) is 7.14 Å². The van der Waals surface area contributed by atoms with Gasteiger partial charge in [0.1, 0.15) is 11.4 Å². The van der Waals surface area contributed by atoms with Crippen LogP contribution in [-0.2, 0) is 10.2 Å². The molecule has 2 atom stereocenters. The first kappa shape index (κ1) is 14.4. The fourth-order valence-corrected chi connectivity index (χ4v) is 6.58. The Kier molecular flexibility index (Phi) is 3.26. The van der Waals surface area contributed by atoms with Crippen LogP contribution in [-0.4, -0.2) is 15.3 Å². The van der Waals surface area contributed by atoms with Crippen LogP contribution < -0.4 is 15.9 Å². The van der Waals surface area contributed by atoms with Crippen molar-refractivity contribution in [3.05, 3.63) is 79.4 Å². The van der Waals surface area contributed by atoms with E-state index in [9.17, 15) is 4.57 Å². The van der Waals surface area contributed by atoms with Crippen LogP contribution in [0.25, 0.3) is 0 Å². The normalized spacial score (nSPS) is 23.6. The van der Waals surface area contributed by atoms with Gasteiger partial charge < -0.3 is 9.13 Å². The molecule has 23 heavy (non-hydrogen) atoms. The lowest BCUT2D eigenvalue weighted by atomic mass is 10.4. The average Bonchev–Trinajstić information content (AvgIpc) is 3.04. The number of imidazole rings is 1. The molecule has 2 aromatic carbocycles. The summed E-state index contributed by atoms with van der Waals surface area (Å²) in [6.07, 6.45) is 5.43. The van der Waals surface area contributed by atoms with Crippen LogP contribution in [0.4, 0.5) is 0 Å². The highest BCUT2D eigenvalue weighted by molar-refractivity contribution is 7.79. The summed E-state index contributed by atoms with van der Waals surface area (Å²) in [4.78, 5) is 4.12. The maximum atomic E-state index is 14.2. The Morgan fingerprint density at radius 2 is 1.61 bits per heavy atom. The molecule has 3 aromatic rings. The van der Waals surface area contributed by atoms with E-state index < -0.39 is 7.14 Å². The van der Waals surface area contributed by atoms with Crippen molar-refractivity contribution in [2.24, 2.45) is 0 Å². The molecule has 2 heterocycles. The highest BCUT2D eigenvalue weighted by atomic mass is 31.2. The van der Waals surface area contributed by atoms with Gasteiger partial charge in [0, 0.05) is 23.0 Å². The van der Waals surface area contributed by atoms with E-state index in [0.29, 0.717) is 0 Å². The second-order valence-electron chi connectivity index (χ2n) is 5.99. The molecular formula is C18H18N3OP.